The zero-order valence-electron chi connectivity index (χ0n) is 12.0. The zero-order chi connectivity index (χ0) is 15.6. The van der Waals surface area contributed by atoms with Crippen LogP contribution in [0.3, 0.4) is 0 Å². The molecule has 0 amide bonds. The maximum atomic E-state index is 13.6. The standard InChI is InChI=1S/C15H16Cl2FN3/c1-9(10-6-13(18)12(17)7-11(10)16)20-14-8-19-5-4-15(14)21(2)3/h4-9,20H,1-3H3. The van der Waals surface area contributed by atoms with Crippen LogP contribution in [-0.2, 0) is 0 Å². The Morgan fingerprint density at radius 3 is 2.62 bits per heavy atom. The number of halogens is 3. The van der Waals surface area contributed by atoms with E-state index in [1.54, 1.807) is 12.4 Å². The largest absolute Gasteiger partial charge is 0.376 e. The van der Waals surface area contributed by atoms with Crippen molar-refractivity contribution >= 4 is 34.6 Å². The normalized spacial score (nSPS) is 12.1. The van der Waals surface area contributed by atoms with Gasteiger partial charge in [0.2, 0.25) is 0 Å². The van der Waals surface area contributed by atoms with Gasteiger partial charge in [-0.15, -0.1) is 0 Å². The van der Waals surface area contributed by atoms with Crippen LogP contribution < -0.4 is 10.2 Å². The first kappa shape index (κ1) is 15.9. The fourth-order valence-electron chi connectivity index (χ4n) is 2.07. The molecule has 0 fully saturated rings. The molecule has 0 saturated heterocycles. The summed E-state index contributed by atoms with van der Waals surface area (Å²) < 4.78 is 13.6. The number of nitrogens with one attached hydrogen (secondary N) is 1. The van der Waals surface area contributed by atoms with Crippen LogP contribution in [-0.4, -0.2) is 19.1 Å². The van der Waals surface area contributed by atoms with E-state index in [1.165, 1.54) is 12.1 Å². The van der Waals surface area contributed by atoms with Gasteiger partial charge >= 0.3 is 0 Å². The van der Waals surface area contributed by atoms with Crippen molar-refractivity contribution in [1.82, 2.24) is 4.98 Å². The average molecular weight is 328 g/mol. The van der Waals surface area contributed by atoms with E-state index in [0.717, 1.165) is 11.4 Å². The van der Waals surface area contributed by atoms with Crippen molar-refractivity contribution < 1.29 is 4.39 Å². The molecule has 0 aliphatic carbocycles. The molecule has 2 aromatic rings. The number of hydrogen-bond acceptors (Lipinski definition) is 3. The van der Waals surface area contributed by atoms with Gasteiger partial charge in [-0.3, -0.25) is 4.98 Å². The van der Waals surface area contributed by atoms with Gasteiger partial charge in [-0.05, 0) is 30.7 Å². The number of benzene rings is 1. The SMILES string of the molecule is CC(Nc1cnccc1N(C)C)c1cc(F)c(Cl)cc1Cl. The molecule has 2 rings (SSSR count). The van der Waals surface area contributed by atoms with Crippen molar-refractivity contribution in [1.29, 1.82) is 0 Å². The highest BCUT2D eigenvalue weighted by Crippen LogP contribution is 2.32. The molecule has 112 valence electrons. The van der Waals surface area contributed by atoms with Crippen LogP contribution in [0.5, 0.6) is 0 Å². The zero-order valence-corrected chi connectivity index (χ0v) is 13.5. The molecule has 0 aliphatic rings. The number of rotatable bonds is 4. The van der Waals surface area contributed by atoms with Crippen molar-refractivity contribution in [2.24, 2.45) is 0 Å². The first-order valence-corrected chi connectivity index (χ1v) is 7.18. The van der Waals surface area contributed by atoms with Crippen LogP contribution in [0.25, 0.3) is 0 Å². The summed E-state index contributed by atoms with van der Waals surface area (Å²) in [6, 6.07) is 4.49. The Balaban J connectivity index is 2.30. The lowest BCUT2D eigenvalue weighted by Gasteiger charge is -2.22. The molecule has 0 spiro atoms. The summed E-state index contributed by atoms with van der Waals surface area (Å²) in [7, 11) is 3.89. The van der Waals surface area contributed by atoms with Crippen molar-refractivity contribution in [2.75, 3.05) is 24.3 Å². The summed E-state index contributed by atoms with van der Waals surface area (Å²) in [5.74, 6) is -0.483. The minimum Gasteiger partial charge on any atom is -0.376 e. The monoisotopic (exact) mass is 327 g/mol. The molecule has 0 bridgehead atoms. The molecule has 21 heavy (non-hydrogen) atoms. The van der Waals surface area contributed by atoms with Gasteiger partial charge in [0.15, 0.2) is 0 Å². The van der Waals surface area contributed by atoms with Gasteiger partial charge in [-0.25, -0.2) is 4.39 Å². The molecule has 0 radical (unpaired) electrons. The van der Waals surface area contributed by atoms with E-state index in [2.05, 4.69) is 10.3 Å². The van der Waals surface area contributed by atoms with Gasteiger partial charge in [-0.1, -0.05) is 23.2 Å². The van der Waals surface area contributed by atoms with Gasteiger partial charge in [0.25, 0.3) is 0 Å². The second-order valence-electron chi connectivity index (χ2n) is 4.94. The fraction of sp³-hybridized carbons (Fsp3) is 0.267. The van der Waals surface area contributed by atoms with E-state index in [-0.39, 0.29) is 11.1 Å². The molecule has 1 unspecified atom stereocenters. The Bertz CT molecular complexity index is 647. The summed E-state index contributed by atoms with van der Waals surface area (Å²) in [5, 5.41) is 3.74. The van der Waals surface area contributed by atoms with Gasteiger partial charge in [0, 0.05) is 25.3 Å². The summed E-state index contributed by atoms with van der Waals surface area (Å²) in [6.45, 7) is 1.90. The number of pyridine rings is 1. The van der Waals surface area contributed by atoms with Crippen molar-refractivity contribution in [3.8, 4) is 0 Å². The minimum absolute atomic E-state index is 0.0197. The first-order chi connectivity index (χ1) is 9.90. The maximum absolute atomic E-state index is 13.6. The molecule has 0 aliphatic heterocycles. The number of nitrogens with zero attached hydrogens (tertiary/aromatic N) is 2. The van der Waals surface area contributed by atoms with E-state index in [1.807, 2.05) is 32.0 Å². The third kappa shape index (κ3) is 3.57. The highest BCUT2D eigenvalue weighted by molar-refractivity contribution is 6.35. The lowest BCUT2D eigenvalue weighted by molar-refractivity contribution is 0.624. The van der Waals surface area contributed by atoms with E-state index in [4.69, 9.17) is 23.2 Å². The number of anilines is 2. The Labute approximate surface area is 133 Å². The fourth-order valence-corrected chi connectivity index (χ4v) is 2.62. The molecule has 0 saturated carbocycles. The summed E-state index contributed by atoms with van der Waals surface area (Å²) in [5.41, 5.74) is 2.48. The van der Waals surface area contributed by atoms with Gasteiger partial charge in [-0.2, -0.15) is 0 Å². The molecule has 1 heterocycles. The van der Waals surface area contributed by atoms with Crippen LogP contribution in [0.4, 0.5) is 15.8 Å². The number of hydrogen-bond donors (Lipinski definition) is 1. The summed E-state index contributed by atoms with van der Waals surface area (Å²) >= 11 is 11.9. The lowest BCUT2D eigenvalue weighted by Crippen LogP contribution is -2.14. The lowest BCUT2D eigenvalue weighted by atomic mass is 10.1. The van der Waals surface area contributed by atoms with Crippen LogP contribution in [0.15, 0.2) is 30.6 Å². The highest BCUT2D eigenvalue weighted by Gasteiger charge is 2.15. The molecule has 6 heteroatoms. The Hall–Kier alpha value is -1.52. The third-order valence-electron chi connectivity index (χ3n) is 3.16. The molecule has 1 aromatic heterocycles. The van der Waals surface area contributed by atoms with Gasteiger partial charge < -0.3 is 10.2 Å². The Morgan fingerprint density at radius 2 is 1.95 bits per heavy atom. The van der Waals surface area contributed by atoms with Crippen LogP contribution in [0, 0.1) is 5.82 Å². The highest BCUT2D eigenvalue weighted by atomic mass is 35.5. The minimum atomic E-state index is -0.483. The smallest absolute Gasteiger partial charge is 0.142 e. The Kier molecular flexibility index (Phi) is 4.91. The topological polar surface area (TPSA) is 28.2 Å². The summed E-state index contributed by atoms with van der Waals surface area (Å²) in [4.78, 5) is 6.08. The molecule has 1 N–H and O–H groups in total. The molecule has 1 atom stereocenters. The van der Waals surface area contributed by atoms with Crippen molar-refractivity contribution in [3.05, 3.63) is 52.0 Å². The second kappa shape index (κ2) is 6.50. The first-order valence-electron chi connectivity index (χ1n) is 6.42. The number of aromatic nitrogens is 1. The predicted molar refractivity (Wildman–Crippen MR) is 87.0 cm³/mol. The predicted octanol–water partition coefficient (Wildman–Crippen LogP) is 4.77. The molecular formula is C15H16Cl2FN3. The van der Waals surface area contributed by atoms with E-state index in [9.17, 15) is 4.39 Å². The van der Waals surface area contributed by atoms with Crippen LogP contribution in [0.2, 0.25) is 10.0 Å². The van der Waals surface area contributed by atoms with Crippen molar-refractivity contribution in [3.63, 3.8) is 0 Å². The average Bonchev–Trinajstić information content (AvgIpc) is 2.43. The van der Waals surface area contributed by atoms with E-state index in [0.29, 0.717) is 10.6 Å². The van der Waals surface area contributed by atoms with Crippen LogP contribution in [0.1, 0.15) is 18.5 Å². The maximum Gasteiger partial charge on any atom is 0.142 e. The third-order valence-corrected chi connectivity index (χ3v) is 3.77. The van der Waals surface area contributed by atoms with Crippen molar-refractivity contribution in [2.45, 2.75) is 13.0 Å². The molecular weight excluding hydrogens is 312 g/mol. The quantitative estimate of drug-likeness (QED) is 0.820. The second-order valence-corrected chi connectivity index (χ2v) is 5.76. The Morgan fingerprint density at radius 1 is 1.24 bits per heavy atom. The molecule has 1 aromatic carbocycles. The van der Waals surface area contributed by atoms with E-state index < -0.39 is 5.82 Å². The van der Waals surface area contributed by atoms with E-state index >= 15 is 0 Å². The van der Waals surface area contributed by atoms with Gasteiger partial charge in [0.1, 0.15) is 5.82 Å². The van der Waals surface area contributed by atoms with Gasteiger partial charge in [0.05, 0.1) is 28.6 Å². The van der Waals surface area contributed by atoms with Crippen LogP contribution >= 0.6 is 23.2 Å². The molecule has 3 nitrogen and oxygen atoms in total. The summed E-state index contributed by atoms with van der Waals surface area (Å²) in [6.07, 6.45) is 3.45.